The van der Waals surface area contributed by atoms with E-state index in [2.05, 4.69) is 27.2 Å². The molecule has 0 radical (unpaired) electrons. The fourth-order valence-electron chi connectivity index (χ4n) is 3.34. The van der Waals surface area contributed by atoms with Gasteiger partial charge in [0.2, 0.25) is 0 Å². The van der Waals surface area contributed by atoms with Crippen molar-refractivity contribution < 1.29 is 13.9 Å². The van der Waals surface area contributed by atoms with Crippen LogP contribution in [0.4, 0.5) is 15.8 Å². The number of hydrogen-bond acceptors (Lipinski definition) is 3. The van der Waals surface area contributed by atoms with Gasteiger partial charge < -0.3 is 10.1 Å². The zero-order valence-corrected chi connectivity index (χ0v) is 16.8. The summed E-state index contributed by atoms with van der Waals surface area (Å²) in [5.41, 5.74) is 2.32. The van der Waals surface area contributed by atoms with Gasteiger partial charge in [-0.2, -0.15) is 0 Å². The van der Waals surface area contributed by atoms with E-state index in [0.717, 1.165) is 4.47 Å². The van der Waals surface area contributed by atoms with Gasteiger partial charge in [0.1, 0.15) is 24.3 Å². The predicted molar refractivity (Wildman–Crippen MR) is 114 cm³/mol. The van der Waals surface area contributed by atoms with E-state index >= 15 is 0 Å². The van der Waals surface area contributed by atoms with Crippen molar-refractivity contribution in [3.63, 3.8) is 0 Å². The Hall–Kier alpha value is -3.30. The normalized spacial score (nSPS) is 15.3. The zero-order valence-electron chi connectivity index (χ0n) is 15.2. The van der Waals surface area contributed by atoms with Crippen LogP contribution in [0, 0.1) is 18.2 Å². The number of rotatable bonds is 4. The Morgan fingerprint density at radius 1 is 1.14 bits per heavy atom. The van der Waals surface area contributed by atoms with Crippen molar-refractivity contribution in [2.75, 3.05) is 16.8 Å². The zero-order chi connectivity index (χ0) is 20.4. The largest absolute Gasteiger partial charge is 0.481 e. The molecule has 6 heteroatoms. The Bertz CT molecular complexity index is 1130. The van der Waals surface area contributed by atoms with Gasteiger partial charge in [-0.05, 0) is 42.5 Å². The third-order valence-corrected chi connectivity index (χ3v) is 5.09. The highest BCUT2D eigenvalue weighted by atomic mass is 79.9. The summed E-state index contributed by atoms with van der Waals surface area (Å²) in [6.45, 7) is 0.0984. The third-order valence-electron chi connectivity index (χ3n) is 4.59. The van der Waals surface area contributed by atoms with Gasteiger partial charge in [0.05, 0.1) is 5.56 Å². The van der Waals surface area contributed by atoms with Gasteiger partial charge >= 0.3 is 0 Å². The van der Waals surface area contributed by atoms with Gasteiger partial charge in [-0.1, -0.05) is 46.1 Å². The summed E-state index contributed by atoms with van der Waals surface area (Å²) in [6, 6.07) is 18.7. The lowest BCUT2D eigenvalue weighted by Gasteiger charge is -2.38. The Morgan fingerprint density at radius 2 is 1.97 bits per heavy atom. The van der Waals surface area contributed by atoms with E-state index in [1.165, 1.54) is 17.0 Å². The van der Waals surface area contributed by atoms with Crippen LogP contribution in [0.2, 0.25) is 0 Å². The molecule has 0 aromatic heterocycles. The summed E-state index contributed by atoms with van der Waals surface area (Å²) in [4.78, 5) is 15.0. The van der Waals surface area contributed by atoms with E-state index in [9.17, 15) is 9.18 Å². The smallest absolute Gasteiger partial charge is 0.262 e. The predicted octanol–water partition coefficient (Wildman–Crippen LogP) is 5.37. The monoisotopic (exact) mass is 450 g/mol. The van der Waals surface area contributed by atoms with Crippen molar-refractivity contribution in [2.24, 2.45) is 0 Å². The standard InChI is InChI=1S/C23H16BrFN2O2/c1-2-12-29-21-9-4-3-8-18(21)22-26-20-11-10-15(24)13-19(20)23(28)27(22)17-7-5-6-16(25)14-17/h1,3-11,13-14,22,26H,12H2. The molecule has 1 aliphatic rings. The maximum Gasteiger partial charge on any atom is 0.262 e. The number of amides is 1. The number of terminal acetylenes is 1. The molecule has 29 heavy (non-hydrogen) atoms. The van der Waals surface area contributed by atoms with E-state index in [-0.39, 0.29) is 12.5 Å². The molecule has 0 saturated heterocycles. The van der Waals surface area contributed by atoms with Crippen molar-refractivity contribution >= 4 is 33.2 Å². The van der Waals surface area contributed by atoms with Gasteiger partial charge in [0.15, 0.2) is 0 Å². The van der Waals surface area contributed by atoms with Crippen LogP contribution in [0.1, 0.15) is 22.1 Å². The van der Waals surface area contributed by atoms with Gasteiger partial charge in [-0.25, -0.2) is 4.39 Å². The molecule has 0 fully saturated rings. The number of nitrogens with one attached hydrogen (secondary N) is 1. The second-order valence-corrected chi connectivity index (χ2v) is 7.34. The van der Waals surface area contributed by atoms with E-state index in [4.69, 9.17) is 11.2 Å². The summed E-state index contributed by atoms with van der Waals surface area (Å²) in [5, 5.41) is 3.39. The molecule has 0 spiro atoms. The molecule has 0 saturated carbocycles. The van der Waals surface area contributed by atoms with E-state index in [0.29, 0.717) is 28.3 Å². The highest BCUT2D eigenvalue weighted by Crippen LogP contribution is 2.40. The topological polar surface area (TPSA) is 41.6 Å². The molecule has 0 aliphatic carbocycles. The minimum atomic E-state index is -0.605. The molecule has 144 valence electrons. The molecule has 1 atom stereocenters. The van der Waals surface area contributed by atoms with Crippen LogP contribution in [-0.4, -0.2) is 12.5 Å². The summed E-state index contributed by atoms with van der Waals surface area (Å²) >= 11 is 3.41. The highest BCUT2D eigenvalue weighted by molar-refractivity contribution is 9.10. The Labute approximate surface area is 176 Å². The molecule has 3 aromatic carbocycles. The van der Waals surface area contributed by atoms with Crippen LogP contribution in [0.5, 0.6) is 5.75 Å². The number of fused-ring (bicyclic) bond motifs is 1. The molecule has 1 heterocycles. The first kappa shape index (κ1) is 19.0. The second kappa shape index (κ2) is 7.98. The van der Waals surface area contributed by atoms with E-state index < -0.39 is 12.0 Å². The molecule has 1 aliphatic heterocycles. The van der Waals surface area contributed by atoms with Gasteiger partial charge in [0, 0.05) is 21.4 Å². The maximum absolute atomic E-state index is 14.0. The quantitative estimate of drug-likeness (QED) is 0.543. The minimum Gasteiger partial charge on any atom is -0.481 e. The average molecular weight is 451 g/mol. The number of ether oxygens (including phenoxy) is 1. The molecule has 1 N–H and O–H groups in total. The van der Waals surface area contributed by atoms with Crippen LogP contribution in [0.25, 0.3) is 0 Å². The number of carbonyl (C=O) groups excluding carboxylic acids is 1. The molecule has 0 bridgehead atoms. The number of nitrogens with zero attached hydrogens (tertiary/aromatic N) is 1. The number of halogens is 2. The minimum absolute atomic E-state index is 0.0984. The van der Waals surface area contributed by atoms with Crippen molar-refractivity contribution in [1.82, 2.24) is 0 Å². The molecular formula is C23H16BrFN2O2. The van der Waals surface area contributed by atoms with Crippen molar-refractivity contribution in [1.29, 1.82) is 0 Å². The number of anilines is 2. The van der Waals surface area contributed by atoms with Crippen LogP contribution in [-0.2, 0) is 0 Å². The molecular weight excluding hydrogens is 435 g/mol. The Morgan fingerprint density at radius 3 is 2.76 bits per heavy atom. The molecule has 1 unspecified atom stereocenters. The summed E-state index contributed by atoms with van der Waals surface area (Å²) in [7, 11) is 0. The first-order valence-corrected chi connectivity index (χ1v) is 9.68. The number of hydrogen-bond donors (Lipinski definition) is 1. The first-order valence-electron chi connectivity index (χ1n) is 8.89. The average Bonchev–Trinajstić information content (AvgIpc) is 2.73. The lowest BCUT2D eigenvalue weighted by Crippen LogP contribution is -2.43. The van der Waals surface area contributed by atoms with Crippen molar-refractivity contribution in [3.05, 3.63) is 88.1 Å². The summed E-state index contributed by atoms with van der Waals surface area (Å²) < 4.78 is 20.4. The Kier molecular flexibility index (Phi) is 5.24. The molecule has 3 aromatic rings. The summed E-state index contributed by atoms with van der Waals surface area (Å²) in [5.74, 6) is 2.33. The summed E-state index contributed by atoms with van der Waals surface area (Å²) in [6.07, 6.45) is 4.73. The van der Waals surface area contributed by atoms with Crippen molar-refractivity contribution in [3.8, 4) is 18.1 Å². The lowest BCUT2D eigenvalue weighted by atomic mass is 10.0. The molecule has 1 amide bonds. The SMILES string of the molecule is C#CCOc1ccccc1C1Nc2ccc(Br)cc2C(=O)N1c1cccc(F)c1. The maximum atomic E-state index is 14.0. The van der Waals surface area contributed by atoms with Crippen LogP contribution < -0.4 is 15.0 Å². The Balaban J connectivity index is 1.88. The van der Waals surface area contributed by atoms with Gasteiger partial charge in [-0.3, -0.25) is 9.69 Å². The molecule has 4 nitrogen and oxygen atoms in total. The number of para-hydroxylation sites is 1. The van der Waals surface area contributed by atoms with E-state index in [1.807, 2.05) is 30.3 Å². The van der Waals surface area contributed by atoms with Crippen LogP contribution in [0.3, 0.4) is 0 Å². The fourth-order valence-corrected chi connectivity index (χ4v) is 3.71. The third kappa shape index (κ3) is 3.69. The van der Waals surface area contributed by atoms with Crippen LogP contribution in [0.15, 0.2) is 71.2 Å². The van der Waals surface area contributed by atoms with Gasteiger partial charge in [-0.15, -0.1) is 6.42 Å². The fraction of sp³-hybridized carbons (Fsp3) is 0.0870. The molecule has 4 rings (SSSR count). The highest BCUT2D eigenvalue weighted by Gasteiger charge is 2.35. The van der Waals surface area contributed by atoms with Crippen molar-refractivity contribution in [2.45, 2.75) is 6.17 Å². The number of carbonyl (C=O) groups is 1. The van der Waals surface area contributed by atoms with Crippen LogP contribution >= 0.6 is 15.9 Å². The van der Waals surface area contributed by atoms with E-state index in [1.54, 1.807) is 24.3 Å². The second-order valence-electron chi connectivity index (χ2n) is 6.42. The number of benzene rings is 3. The lowest BCUT2D eigenvalue weighted by molar-refractivity contribution is 0.0974. The van der Waals surface area contributed by atoms with Gasteiger partial charge in [0.25, 0.3) is 5.91 Å². The first-order chi connectivity index (χ1) is 14.1.